The van der Waals surface area contributed by atoms with Gasteiger partial charge in [-0.2, -0.15) is 0 Å². The minimum Gasteiger partial charge on any atom is -0.496 e. The summed E-state index contributed by atoms with van der Waals surface area (Å²) in [6.45, 7) is 1.18. The summed E-state index contributed by atoms with van der Waals surface area (Å²) in [7, 11) is 1.69. The van der Waals surface area contributed by atoms with E-state index in [0.29, 0.717) is 0 Å². The molecule has 1 aliphatic rings. The summed E-state index contributed by atoms with van der Waals surface area (Å²) in [5.41, 5.74) is 1.01. The number of hydrogen-bond donors (Lipinski definition) is 2. The maximum absolute atomic E-state index is 9.66. The maximum Gasteiger partial charge on any atom is 0.122 e. The van der Waals surface area contributed by atoms with Crippen LogP contribution in [-0.4, -0.2) is 30.9 Å². The van der Waals surface area contributed by atoms with Gasteiger partial charge in [-0.05, 0) is 37.4 Å². The molecular weight excluding hydrogens is 214 g/mol. The van der Waals surface area contributed by atoms with Gasteiger partial charge in [0.1, 0.15) is 5.75 Å². The van der Waals surface area contributed by atoms with E-state index in [1.165, 1.54) is 18.4 Å². The first-order valence-electron chi connectivity index (χ1n) is 6.27. The third kappa shape index (κ3) is 2.79. The molecule has 2 rings (SSSR count). The van der Waals surface area contributed by atoms with Crippen molar-refractivity contribution in [2.24, 2.45) is 0 Å². The zero-order chi connectivity index (χ0) is 12.1. The fraction of sp³-hybridized carbons (Fsp3) is 0.571. The lowest BCUT2D eigenvalue weighted by Gasteiger charge is -2.37. The first-order chi connectivity index (χ1) is 8.29. The van der Waals surface area contributed by atoms with Crippen molar-refractivity contribution in [2.75, 3.05) is 20.3 Å². The van der Waals surface area contributed by atoms with Crippen molar-refractivity contribution in [2.45, 2.75) is 31.2 Å². The number of para-hydroxylation sites is 1. The third-order valence-corrected chi connectivity index (χ3v) is 3.61. The van der Waals surface area contributed by atoms with Gasteiger partial charge in [-0.25, -0.2) is 0 Å². The van der Waals surface area contributed by atoms with Gasteiger partial charge < -0.3 is 15.2 Å². The third-order valence-electron chi connectivity index (χ3n) is 3.61. The van der Waals surface area contributed by atoms with Crippen LogP contribution >= 0.6 is 0 Å². The SMILES string of the molecule is COc1ccccc1CC1(CO)CCCCN1. The number of hydrogen-bond acceptors (Lipinski definition) is 3. The first-order valence-corrected chi connectivity index (χ1v) is 6.27. The van der Waals surface area contributed by atoms with Crippen LogP contribution < -0.4 is 10.1 Å². The highest BCUT2D eigenvalue weighted by Gasteiger charge is 2.31. The number of rotatable bonds is 4. The summed E-state index contributed by atoms with van der Waals surface area (Å²) >= 11 is 0. The van der Waals surface area contributed by atoms with Gasteiger partial charge in [0.25, 0.3) is 0 Å². The number of ether oxygens (including phenoxy) is 1. The van der Waals surface area contributed by atoms with Gasteiger partial charge >= 0.3 is 0 Å². The molecule has 1 aliphatic heterocycles. The average Bonchev–Trinajstić information content (AvgIpc) is 2.40. The predicted molar refractivity (Wildman–Crippen MR) is 68.4 cm³/mol. The molecule has 1 aromatic carbocycles. The summed E-state index contributed by atoms with van der Waals surface area (Å²) in [6, 6.07) is 8.05. The van der Waals surface area contributed by atoms with Gasteiger partial charge in [-0.3, -0.25) is 0 Å². The number of aliphatic hydroxyl groups excluding tert-OH is 1. The number of nitrogens with one attached hydrogen (secondary N) is 1. The Bertz CT molecular complexity index is 359. The topological polar surface area (TPSA) is 41.5 Å². The van der Waals surface area contributed by atoms with Crippen molar-refractivity contribution in [3.05, 3.63) is 29.8 Å². The molecule has 1 atom stereocenters. The molecule has 1 aromatic rings. The Morgan fingerprint density at radius 1 is 1.35 bits per heavy atom. The molecule has 17 heavy (non-hydrogen) atoms. The number of aliphatic hydroxyl groups is 1. The Morgan fingerprint density at radius 2 is 2.18 bits per heavy atom. The molecule has 94 valence electrons. The molecule has 0 saturated carbocycles. The molecule has 0 amide bonds. The summed E-state index contributed by atoms with van der Waals surface area (Å²) in [4.78, 5) is 0. The van der Waals surface area contributed by atoms with E-state index in [0.717, 1.165) is 25.1 Å². The maximum atomic E-state index is 9.66. The molecule has 0 radical (unpaired) electrons. The van der Waals surface area contributed by atoms with Gasteiger partial charge in [0, 0.05) is 5.54 Å². The van der Waals surface area contributed by atoms with E-state index < -0.39 is 0 Å². The van der Waals surface area contributed by atoms with Crippen molar-refractivity contribution in [1.82, 2.24) is 5.32 Å². The molecule has 1 heterocycles. The van der Waals surface area contributed by atoms with Crippen LogP contribution in [-0.2, 0) is 6.42 Å². The lowest BCUT2D eigenvalue weighted by Crippen LogP contribution is -2.53. The highest BCUT2D eigenvalue weighted by Crippen LogP contribution is 2.27. The Balaban J connectivity index is 2.17. The van der Waals surface area contributed by atoms with Gasteiger partial charge in [0.05, 0.1) is 13.7 Å². The van der Waals surface area contributed by atoms with Crippen LogP contribution in [0.25, 0.3) is 0 Å². The van der Waals surface area contributed by atoms with Crippen molar-refractivity contribution < 1.29 is 9.84 Å². The fourth-order valence-electron chi connectivity index (χ4n) is 2.59. The van der Waals surface area contributed by atoms with E-state index in [9.17, 15) is 5.11 Å². The van der Waals surface area contributed by atoms with Crippen LogP contribution in [0.3, 0.4) is 0 Å². The van der Waals surface area contributed by atoms with Crippen LogP contribution in [0.5, 0.6) is 5.75 Å². The summed E-state index contributed by atoms with van der Waals surface area (Å²) in [5, 5.41) is 13.1. The fourth-order valence-corrected chi connectivity index (χ4v) is 2.59. The normalized spacial score (nSPS) is 24.6. The standard InChI is InChI=1S/C14H21NO2/c1-17-13-7-3-2-6-12(13)10-14(11-16)8-4-5-9-15-14/h2-3,6-7,15-16H,4-5,8-11H2,1H3. The Labute approximate surface area is 103 Å². The van der Waals surface area contributed by atoms with Crippen LogP contribution in [0.15, 0.2) is 24.3 Å². The Morgan fingerprint density at radius 3 is 2.82 bits per heavy atom. The molecule has 0 bridgehead atoms. The predicted octanol–water partition coefficient (Wildman–Crippen LogP) is 1.74. The molecule has 3 nitrogen and oxygen atoms in total. The molecule has 0 aromatic heterocycles. The molecule has 3 heteroatoms. The Hall–Kier alpha value is -1.06. The van der Waals surface area contributed by atoms with Gasteiger partial charge in [-0.15, -0.1) is 0 Å². The van der Waals surface area contributed by atoms with Crippen molar-refractivity contribution in [3.8, 4) is 5.75 Å². The molecule has 0 aliphatic carbocycles. The monoisotopic (exact) mass is 235 g/mol. The summed E-state index contributed by atoms with van der Waals surface area (Å²) < 4.78 is 5.37. The van der Waals surface area contributed by atoms with E-state index in [4.69, 9.17) is 4.74 Å². The molecule has 0 spiro atoms. The highest BCUT2D eigenvalue weighted by molar-refractivity contribution is 5.34. The van der Waals surface area contributed by atoms with Crippen molar-refractivity contribution >= 4 is 0 Å². The second kappa shape index (κ2) is 5.52. The van der Waals surface area contributed by atoms with Crippen LogP contribution in [0, 0.1) is 0 Å². The molecule has 1 saturated heterocycles. The highest BCUT2D eigenvalue weighted by atomic mass is 16.5. The number of methoxy groups -OCH3 is 1. The van der Waals surface area contributed by atoms with Crippen molar-refractivity contribution in [3.63, 3.8) is 0 Å². The first kappa shape index (κ1) is 12.4. The zero-order valence-electron chi connectivity index (χ0n) is 10.4. The lowest BCUT2D eigenvalue weighted by molar-refractivity contribution is 0.131. The smallest absolute Gasteiger partial charge is 0.122 e. The largest absolute Gasteiger partial charge is 0.496 e. The Kier molecular flexibility index (Phi) is 4.02. The molecular formula is C14H21NO2. The summed E-state index contributed by atoms with van der Waals surface area (Å²) in [6.07, 6.45) is 4.24. The lowest BCUT2D eigenvalue weighted by atomic mass is 9.83. The molecule has 1 unspecified atom stereocenters. The zero-order valence-corrected chi connectivity index (χ0v) is 10.4. The van der Waals surface area contributed by atoms with E-state index in [2.05, 4.69) is 11.4 Å². The van der Waals surface area contributed by atoms with E-state index >= 15 is 0 Å². The van der Waals surface area contributed by atoms with Crippen LogP contribution in [0.4, 0.5) is 0 Å². The van der Waals surface area contributed by atoms with Crippen LogP contribution in [0.2, 0.25) is 0 Å². The van der Waals surface area contributed by atoms with E-state index in [1.807, 2.05) is 18.2 Å². The summed E-state index contributed by atoms with van der Waals surface area (Å²) in [5.74, 6) is 0.910. The number of benzene rings is 1. The number of piperidine rings is 1. The minimum absolute atomic E-state index is 0.160. The van der Waals surface area contributed by atoms with Gasteiger partial charge in [0.15, 0.2) is 0 Å². The van der Waals surface area contributed by atoms with E-state index in [1.54, 1.807) is 7.11 Å². The van der Waals surface area contributed by atoms with Gasteiger partial charge in [0.2, 0.25) is 0 Å². The van der Waals surface area contributed by atoms with Crippen molar-refractivity contribution in [1.29, 1.82) is 0 Å². The quantitative estimate of drug-likeness (QED) is 0.835. The second-order valence-corrected chi connectivity index (χ2v) is 4.81. The average molecular weight is 235 g/mol. The van der Waals surface area contributed by atoms with E-state index in [-0.39, 0.29) is 12.1 Å². The molecule has 2 N–H and O–H groups in total. The van der Waals surface area contributed by atoms with Gasteiger partial charge in [-0.1, -0.05) is 24.6 Å². The molecule has 1 fully saturated rings. The van der Waals surface area contributed by atoms with Crippen LogP contribution in [0.1, 0.15) is 24.8 Å². The minimum atomic E-state index is -0.160. The second-order valence-electron chi connectivity index (χ2n) is 4.81.